The fraction of sp³-hybridized carbons (Fsp3) is 0.500. The summed E-state index contributed by atoms with van der Waals surface area (Å²) in [6.45, 7) is 1.14. The summed E-state index contributed by atoms with van der Waals surface area (Å²) in [5.41, 5.74) is 7.33. The van der Waals surface area contributed by atoms with E-state index in [1.807, 2.05) is 30.3 Å². The second-order valence-electron chi connectivity index (χ2n) is 5.46. The minimum atomic E-state index is -0.243. The molecular weight excluding hydrogens is 282 g/mol. The van der Waals surface area contributed by atoms with Crippen LogP contribution in [-0.4, -0.2) is 44.0 Å². The Morgan fingerprint density at radius 3 is 2.73 bits per heavy atom. The number of nitrogens with zero attached hydrogens (tertiary/aromatic N) is 1. The lowest BCUT2D eigenvalue weighted by molar-refractivity contribution is -0.141. The van der Waals surface area contributed by atoms with E-state index >= 15 is 0 Å². The number of carbonyl (C=O) groups excluding carboxylic acids is 2. The first-order valence-electron chi connectivity index (χ1n) is 7.48. The number of ether oxygens (including phenoxy) is 1. The van der Waals surface area contributed by atoms with Crippen molar-refractivity contribution in [3.63, 3.8) is 0 Å². The molecule has 1 aromatic rings. The van der Waals surface area contributed by atoms with Crippen LogP contribution in [0.25, 0.3) is 0 Å². The minimum absolute atomic E-state index is 0.0308. The van der Waals surface area contributed by atoms with Gasteiger partial charge in [0.1, 0.15) is 0 Å². The summed E-state index contributed by atoms with van der Waals surface area (Å²) in [6.07, 6.45) is 0.940. The molecule has 1 aromatic carbocycles. The third-order valence-corrected chi connectivity index (χ3v) is 3.94. The highest BCUT2D eigenvalue weighted by atomic mass is 16.5. The Morgan fingerprint density at radius 2 is 2.05 bits per heavy atom. The number of hydrogen-bond donors (Lipinski definition) is 2. The van der Waals surface area contributed by atoms with Gasteiger partial charge < -0.3 is 9.64 Å². The van der Waals surface area contributed by atoms with E-state index in [0.717, 1.165) is 5.56 Å². The summed E-state index contributed by atoms with van der Waals surface area (Å²) in [5, 5.41) is 0. The highest BCUT2D eigenvalue weighted by Gasteiger charge is 2.35. The van der Waals surface area contributed by atoms with Gasteiger partial charge in [-0.25, -0.2) is 5.43 Å². The first kappa shape index (κ1) is 16.5. The third-order valence-electron chi connectivity index (χ3n) is 3.94. The Hall–Kier alpha value is -1.92. The monoisotopic (exact) mass is 305 g/mol. The number of esters is 1. The van der Waals surface area contributed by atoms with Gasteiger partial charge in [-0.15, -0.1) is 0 Å². The van der Waals surface area contributed by atoms with Crippen molar-refractivity contribution in [2.45, 2.75) is 18.9 Å². The lowest BCUT2D eigenvalue weighted by Crippen LogP contribution is -2.37. The highest BCUT2D eigenvalue weighted by molar-refractivity contribution is 5.80. The lowest BCUT2D eigenvalue weighted by atomic mass is 9.94. The Labute approximate surface area is 130 Å². The maximum atomic E-state index is 12.6. The molecule has 2 unspecified atom stereocenters. The molecule has 0 aromatic heterocycles. The Kier molecular flexibility index (Phi) is 5.91. The fourth-order valence-electron chi connectivity index (χ4n) is 2.66. The molecule has 120 valence electrons. The molecule has 0 saturated carbocycles. The van der Waals surface area contributed by atoms with Crippen molar-refractivity contribution in [3.05, 3.63) is 35.9 Å². The topological polar surface area (TPSA) is 70.7 Å². The predicted octanol–water partition coefficient (Wildman–Crippen LogP) is 0.863. The number of amides is 1. The van der Waals surface area contributed by atoms with E-state index in [1.165, 1.54) is 7.11 Å². The van der Waals surface area contributed by atoms with Gasteiger partial charge in [0.25, 0.3) is 0 Å². The summed E-state index contributed by atoms with van der Waals surface area (Å²) in [7, 11) is 3.15. The zero-order valence-electron chi connectivity index (χ0n) is 13.0. The number of carbonyl (C=O) groups is 2. The number of nitrogens with one attached hydrogen (secondary N) is 2. The molecule has 2 N–H and O–H groups in total. The molecule has 1 aliphatic heterocycles. The van der Waals surface area contributed by atoms with Gasteiger partial charge in [0.15, 0.2) is 0 Å². The van der Waals surface area contributed by atoms with Crippen LogP contribution >= 0.6 is 0 Å². The molecule has 0 aliphatic carbocycles. The summed E-state index contributed by atoms with van der Waals surface area (Å²) in [6, 6.07) is 9.90. The van der Waals surface area contributed by atoms with Gasteiger partial charge in [0.2, 0.25) is 5.91 Å². The van der Waals surface area contributed by atoms with Crippen LogP contribution in [0.5, 0.6) is 0 Å². The van der Waals surface area contributed by atoms with E-state index in [-0.39, 0.29) is 23.8 Å². The van der Waals surface area contributed by atoms with Crippen molar-refractivity contribution in [2.75, 3.05) is 27.2 Å². The van der Waals surface area contributed by atoms with Gasteiger partial charge in [-0.1, -0.05) is 30.3 Å². The molecule has 6 nitrogen and oxygen atoms in total. The van der Waals surface area contributed by atoms with Gasteiger partial charge >= 0.3 is 5.97 Å². The maximum Gasteiger partial charge on any atom is 0.305 e. The number of hydrazine groups is 1. The zero-order chi connectivity index (χ0) is 15.9. The average molecular weight is 305 g/mol. The first-order valence-corrected chi connectivity index (χ1v) is 7.48. The van der Waals surface area contributed by atoms with Crippen LogP contribution in [0.1, 0.15) is 24.4 Å². The van der Waals surface area contributed by atoms with Crippen molar-refractivity contribution in [2.24, 2.45) is 5.92 Å². The Morgan fingerprint density at radius 1 is 1.32 bits per heavy atom. The molecule has 0 radical (unpaired) electrons. The van der Waals surface area contributed by atoms with Crippen molar-refractivity contribution in [1.82, 2.24) is 15.8 Å². The van der Waals surface area contributed by atoms with Gasteiger partial charge in [0.05, 0.1) is 19.1 Å². The smallest absolute Gasteiger partial charge is 0.305 e. The summed E-state index contributed by atoms with van der Waals surface area (Å²) in [5.74, 6) is -0.311. The zero-order valence-corrected chi connectivity index (χ0v) is 13.0. The quantitative estimate of drug-likeness (QED) is 0.763. The van der Waals surface area contributed by atoms with Crippen molar-refractivity contribution in [3.8, 4) is 0 Å². The second-order valence-corrected chi connectivity index (χ2v) is 5.46. The molecule has 2 atom stereocenters. The summed E-state index contributed by atoms with van der Waals surface area (Å²) >= 11 is 0. The Balaban J connectivity index is 1.91. The first-order chi connectivity index (χ1) is 10.6. The predicted molar refractivity (Wildman–Crippen MR) is 82.7 cm³/mol. The highest BCUT2D eigenvalue weighted by Crippen LogP contribution is 2.26. The molecule has 1 heterocycles. The van der Waals surface area contributed by atoms with Gasteiger partial charge in [0, 0.05) is 26.6 Å². The molecule has 1 saturated heterocycles. The van der Waals surface area contributed by atoms with Crippen molar-refractivity contribution in [1.29, 1.82) is 0 Å². The van der Waals surface area contributed by atoms with E-state index < -0.39 is 0 Å². The van der Waals surface area contributed by atoms with Crippen LogP contribution in [-0.2, 0) is 14.3 Å². The molecular formula is C16H23N3O3. The molecule has 1 amide bonds. The minimum Gasteiger partial charge on any atom is -0.469 e. The largest absolute Gasteiger partial charge is 0.469 e. The van der Waals surface area contributed by atoms with Gasteiger partial charge in [-0.2, -0.15) is 0 Å². The lowest BCUT2D eigenvalue weighted by Gasteiger charge is -2.24. The standard InChI is InChI=1S/C16H23N3O3/c1-19(10-6-9-14(20)22-2)16(21)13-11-17-18-15(13)12-7-4-3-5-8-12/h3-5,7-8,13,15,17-18H,6,9-11H2,1-2H3. The normalized spacial score (nSPS) is 20.6. The summed E-state index contributed by atoms with van der Waals surface area (Å²) in [4.78, 5) is 25.4. The number of hydrogen-bond acceptors (Lipinski definition) is 5. The number of benzene rings is 1. The summed E-state index contributed by atoms with van der Waals surface area (Å²) < 4.78 is 4.60. The molecule has 6 heteroatoms. The van der Waals surface area contributed by atoms with Crippen LogP contribution in [0, 0.1) is 5.92 Å². The number of methoxy groups -OCH3 is 1. The van der Waals surface area contributed by atoms with Crippen molar-refractivity contribution < 1.29 is 14.3 Å². The molecule has 0 bridgehead atoms. The SMILES string of the molecule is COC(=O)CCCN(C)C(=O)C1CNNC1c1ccccc1. The average Bonchev–Trinajstić information content (AvgIpc) is 3.04. The van der Waals surface area contributed by atoms with Crippen LogP contribution in [0.15, 0.2) is 30.3 Å². The molecule has 1 aliphatic rings. The van der Waals surface area contributed by atoms with E-state index in [0.29, 0.717) is 25.9 Å². The van der Waals surface area contributed by atoms with Crippen LogP contribution in [0.3, 0.4) is 0 Å². The fourth-order valence-corrected chi connectivity index (χ4v) is 2.66. The molecule has 22 heavy (non-hydrogen) atoms. The number of rotatable bonds is 6. The van der Waals surface area contributed by atoms with E-state index in [4.69, 9.17) is 0 Å². The van der Waals surface area contributed by atoms with E-state index in [1.54, 1.807) is 11.9 Å². The van der Waals surface area contributed by atoms with Crippen LogP contribution in [0.2, 0.25) is 0 Å². The Bertz CT molecular complexity index is 507. The second kappa shape index (κ2) is 7.91. The van der Waals surface area contributed by atoms with E-state index in [9.17, 15) is 9.59 Å². The molecule has 1 fully saturated rings. The van der Waals surface area contributed by atoms with Gasteiger partial charge in [-0.3, -0.25) is 15.0 Å². The molecule has 2 rings (SSSR count). The maximum absolute atomic E-state index is 12.6. The van der Waals surface area contributed by atoms with Crippen LogP contribution in [0.4, 0.5) is 0 Å². The third kappa shape index (κ3) is 4.05. The molecule has 0 spiro atoms. The van der Waals surface area contributed by atoms with E-state index in [2.05, 4.69) is 15.6 Å². The van der Waals surface area contributed by atoms with Crippen molar-refractivity contribution >= 4 is 11.9 Å². The van der Waals surface area contributed by atoms with Crippen LogP contribution < -0.4 is 10.9 Å². The van der Waals surface area contributed by atoms with Gasteiger partial charge in [-0.05, 0) is 12.0 Å².